The van der Waals surface area contributed by atoms with Crippen LogP contribution < -0.4 is 11.7 Å². The molecular formula is C6H18N3+. The van der Waals surface area contributed by atoms with Crippen molar-refractivity contribution in [3.05, 3.63) is 0 Å². The Balaban J connectivity index is 3.43. The molecule has 0 unspecified atom stereocenters. The van der Waals surface area contributed by atoms with Crippen molar-refractivity contribution in [1.29, 1.82) is 0 Å². The maximum atomic E-state index is 5.65. The molecule has 0 radical (unpaired) electrons. The zero-order valence-corrected chi connectivity index (χ0v) is 6.43. The van der Waals surface area contributed by atoms with E-state index in [1.54, 1.807) is 0 Å². The van der Waals surface area contributed by atoms with Crippen LogP contribution in [-0.4, -0.2) is 17.8 Å². The Morgan fingerprint density at radius 3 is 1.56 bits per heavy atom. The minimum atomic E-state index is 0.188. The van der Waals surface area contributed by atoms with Gasteiger partial charge in [0, 0.05) is 0 Å². The van der Waals surface area contributed by atoms with E-state index in [0.717, 1.165) is 25.9 Å². The molecule has 0 aromatic rings. The lowest BCUT2D eigenvalue weighted by molar-refractivity contribution is -0.951. The highest BCUT2D eigenvalue weighted by atomic mass is 15.7. The maximum Gasteiger partial charge on any atom is 0.114 e. The third-order valence-electron chi connectivity index (χ3n) is 1.28. The van der Waals surface area contributed by atoms with Gasteiger partial charge in [0.25, 0.3) is 0 Å². The zero-order valence-electron chi connectivity index (χ0n) is 6.43. The van der Waals surface area contributed by atoms with Gasteiger partial charge in [-0.15, -0.1) is 0 Å². The molecule has 0 aliphatic carbocycles. The molecule has 0 amide bonds. The fraction of sp³-hybridized carbons (Fsp3) is 1.00. The summed E-state index contributed by atoms with van der Waals surface area (Å²) in [5.41, 5.74) is 0. The number of hydrogen-bond donors (Lipinski definition) is 2. The summed E-state index contributed by atoms with van der Waals surface area (Å²) in [7, 11) is 0. The van der Waals surface area contributed by atoms with Crippen LogP contribution in [0.2, 0.25) is 0 Å². The summed E-state index contributed by atoms with van der Waals surface area (Å²) in [5, 5.41) is 0. The van der Waals surface area contributed by atoms with Gasteiger partial charge < -0.3 is 0 Å². The van der Waals surface area contributed by atoms with Crippen LogP contribution in [0.15, 0.2) is 0 Å². The van der Waals surface area contributed by atoms with Crippen LogP contribution in [-0.2, 0) is 0 Å². The van der Waals surface area contributed by atoms with E-state index in [4.69, 9.17) is 11.7 Å². The van der Waals surface area contributed by atoms with Crippen molar-refractivity contribution in [3.63, 3.8) is 0 Å². The van der Waals surface area contributed by atoms with Crippen molar-refractivity contribution in [2.24, 2.45) is 11.7 Å². The molecule has 0 rings (SSSR count). The maximum absolute atomic E-state index is 5.65. The highest BCUT2D eigenvalue weighted by Gasteiger charge is 2.13. The zero-order chi connectivity index (χ0) is 7.33. The van der Waals surface area contributed by atoms with Gasteiger partial charge in [-0.3, -0.25) is 0 Å². The first-order valence-corrected chi connectivity index (χ1v) is 3.56. The minimum Gasteiger partial charge on any atom is -0.176 e. The molecule has 0 atom stereocenters. The fourth-order valence-electron chi connectivity index (χ4n) is 0.944. The van der Waals surface area contributed by atoms with Crippen LogP contribution in [0, 0.1) is 0 Å². The molecule has 3 nitrogen and oxygen atoms in total. The second-order valence-corrected chi connectivity index (χ2v) is 2.55. The van der Waals surface area contributed by atoms with Crippen LogP contribution in [0.3, 0.4) is 0 Å². The molecule has 0 fully saturated rings. The average Bonchev–Trinajstić information content (AvgIpc) is 1.64. The molecule has 0 spiro atoms. The van der Waals surface area contributed by atoms with Gasteiger partial charge in [-0.2, -0.15) is 16.4 Å². The average molecular weight is 132 g/mol. The largest absolute Gasteiger partial charge is 0.176 e. The topological polar surface area (TPSA) is 52.0 Å². The van der Waals surface area contributed by atoms with Crippen LogP contribution >= 0.6 is 0 Å². The third-order valence-corrected chi connectivity index (χ3v) is 1.28. The highest BCUT2D eigenvalue weighted by molar-refractivity contribution is 4.27. The predicted molar refractivity (Wildman–Crippen MR) is 39.0 cm³/mol. The first-order valence-electron chi connectivity index (χ1n) is 3.56. The van der Waals surface area contributed by atoms with Crippen LogP contribution in [0.4, 0.5) is 0 Å². The molecule has 0 aromatic carbocycles. The number of hydrogen-bond acceptors (Lipinski definition) is 2. The van der Waals surface area contributed by atoms with E-state index < -0.39 is 0 Å². The molecule has 0 bridgehead atoms. The molecule has 0 aliphatic rings. The molecule has 4 N–H and O–H groups in total. The fourth-order valence-corrected chi connectivity index (χ4v) is 0.944. The summed E-state index contributed by atoms with van der Waals surface area (Å²) < 4.78 is 0.188. The SMILES string of the molecule is CCC[N+](N)(N)CCC. The Hall–Kier alpha value is -0.120. The summed E-state index contributed by atoms with van der Waals surface area (Å²) in [4.78, 5) is 0. The van der Waals surface area contributed by atoms with Gasteiger partial charge in [0.05, 0.1) is 0 Å². The Kier molecular flexibility index (Phi) is 3.77. The van der Waals surface area contributed by atoms with Gasteiger partial charge in [-0.1, -0.05) is 13.8 Å². The highest BCUT2D eigenvalue weighted by Crippen LogP contribution is 1.91. The molecule has 0 saturated heterocycles. The van der Waals surface area contributed by atoms with Crippen molar-refractivity contribution in [1.82, 2.24) is 0 Å². The van der Waals surface area contributed by atoms with Crippen LogP contribution in [0.25, 0.3) is 0 Å². The van der Waals surface area contributed by atoms with E-state index in [-0.39, 0.29) is 4.70 Å². The van der Waals surface area contributed by atoms with Gasteiger partial charge >= 0.3 is 0 Å². The lowest BCUT2D eigenvalue weighted by atomic mass is 10.4. The molecule has 0 heterocycles. The first kappa shape index (κ1) is 8.88. The molecule has 3 heteroatoms. The Bertz CT molecular complexity index is 62.7. The second-order valence-electron chi connectivity index (χ2n) is 2.55. The number of nitrogens with zero attached hydrogens (tertiary/aromatic N) is 1. The van der Waals surface area contributed by atoms with Crippen LogP contribution in [0.5, 0.6) is 0 Å². The molecule has 0 aliphatic heterocycles. The van der Waals surface area contributed by atoms with Gasteiger partial charge in [-0.05, 0) is 12.8 Å². The van der Waals surface area contributed by atoms with Crippen molar-refractivity contribution in [2.75, 3.05) is 13.1 Å². The summed E-state index contributed by atoms with van der Waals surface area (Å²) in [6.45, 7) is 5.91. The van der Waals surface area contributed by atoms with Crippen molar-refractivity contribution in [3.8, 4) is 0 Å². The summed E-state index contributed by atoms with van der Waals surface area (Å²) in [5.74, 6) is 11.3. The third kappa shape index (κ3) is 4.39. The normalized spacial score (nSPS) is 12.0. The number of rotatable bonds is 4. The lowest BCUT2D eigenvalue weighted by Gasteiger charge is -2.24. The summed E-state index contributed by atoms with van der Waals surface area (Å²) in [6, 6.07) is 0. The van der Waals surface area contributed by atoms with Gasteiger partial charge in [-0.25, -0.2) is 0 Å². The van der Waals surface area contributed by atoms with Gasteiger partial charge in [0.2, 0.25) is 0 Å². The Labute approximate surface area is 57.2 Å². The molecular weight excluding hydrogens is 114 g/mol. The van der Waals surface area contributed by atoms with Gasteiger partial charge in [0.1, 0.15) is 13.1 Å². The minimum absolute atomic E-state index is 0.188. The van der Waals surface area contributed by atoms with Crippen LogP contribution in [0.1, 0.15) is 26.7 Å². The van der Waals surface area contributed by atoms with Crippen molar-refractivity contribution in [2.45, 2.75) is 26.7 Å². The van der Waals surface area contributed by atoms with E-state index in [0.29, 0.717) is 0 Å². The Morgan fingerprint density at radius 2 is 1.33 bits per heavy atom. The number of nitrogens with two attached hydrogens (primary N) is 2. The first-order chi connectivity index (χ1) is 4.12. The van der Waals surface area contributed by atoms with Gasteiger partial charge in [0.15, 0.2) is 0 Å². The van der Waals surface area contributed by atoms with E-state index >= 15 is 0 Å². The molecule has 56 valence electrons. The monoisotopic (exact) mass is 132 g/mol. The predicted octanol–water partition coefficient (Wildman–Crippen LogP) is 0.371. The van der Waals surface area contributed by atoms with Crippen molar-refractivity contribution >= 4 is 0 Å². The smallest absolute Gasteiger partial charge is 0.114 e. The lowest BCUT2D eigenvalue weighted by Crippen LogP contribution is -2.61. The molecule has 9 heavy (non-hydrogen) atoms. The van der Waals surface area contributed by atoms with E-state index in [1.807, 2.05) is 0 Å². The van der Waals surface area contributed by atoms with Crippen molar-refractivity contribution < 1.29 is 4.70 Å². The molecule has 0 saturated carbocycles. The van der Waals surface area contributed by atoms with E-state index in [9.17, 15) is 0 Å². The second kappa shape index (κ2) is 3.82. The summed E-state index contributed by atoms with van der Waals surface area (Å²) >= 11 is 0. The Morgan fingerprint density at radius 1 is 1.00 bits per heavy atom. The molecule has 0 aromatic heterocycles. The number of quaternary nitrogens is 1. The quantitative estimate of drug-likeness (QED) is 0.330. The summed E-state index contributed by atoms with van der Waals surface area (Å²) in [6.07, 6.45) is 2.10. The van der Waals surface area contributed by atoms with E-state index in [1.165, 1.54) is 0 Å². The van der Waals surface area contributed by atoms with E-state index in [2.05, 4.69) is 13.8 Å². The standard InChI is InChI=1S/C6H18N3/c1-3-5-9(7,8)6-4-2/h3-8H2,1-2H3/q+1.